The number of nitrogens with zero attached hydrogens (tertiary/aromatic N) is 3. The Morgan fingerprint density at radius 3 is 2.52 bits per heavy atom. The van der Waals surface area contributed by atoms with Gasteiger partial charge in [-0.3, -0.25) is 24.0 Å². The van der Waals surface area contributed by atoms with Crippen LogP contribution in [0.25, 0.3) is 0 Å². The van der Waals surface area contributed by atoms with Gasteiger partial charge < -0.3 is 19.9 Å². The lowest BCUT2D eigenvalue weighted by Crippen LogP contribution is -2.52. The molecule has 44 heavy (non-hydrogen) atoms. The van der Waals surface area contributed by atoms with E-state index in [2.05, 4.69) is 5.32 Å². The molecule has 2 N–H and O–H groups in total. The third kappa shape index (κ3) is 5.00. The van der Waals surface area contributed by atoms with Crippen molar-refractivity contribution in [2.75, 3.05) is 13.1 Å². The lowest BCUT2D eigenvalue weighted by Gasteiger charge is -2.42. The molecule has 6 rings (SSSR count). The van der Waals surface area contributed by atoms with Crippen molar-refractivity contribution in [2.24, 2.45) is 0 Å². The van der Waals surface area contributed by atoms with Gasteiger partial charge in [0.05, 0.1) is 19.0 Å². The maximum absolute atomic E-state index is 14.1. The van der Waals surface area contributed by atoms with E-state index >= 15 is 0 Å². The van der Waals surface area contributed by atoms with E-state index in [1.807, 2.05) is 37.3 Å². The predicted octanol–water partition coefficient (Wildman–Crippen LogP) is 3.23. The van der Waals surface area contributed by atoms with Crippen LogP contribution < -0.4 is 10.7 Å². The molecule has 0 radical (unpaired) electrons. The highest BCUT2D eigenvalue weighted by molar-refractivity contribution is 5.99. The fourth-order valence-corrected chi connectivity index (χ4v) is 6.32. The van der Waals surface area contributed by atoms with Crippen LogP contribution in [-0.4, -0.2) is 62.1 Å². The molecule has 3 atom stereocenters. The average Bonchev–Trinajstić information content (AvgIpc) is 3.25. The van der Waals surface area contributed by atoms with Crippen LogP contribution in [-0.2, 0) is 22.6 Å². The standard InChI is InChI=1S/C31H29F3N4O6/c1-17-7-9-31(13-25(39)38(44-31)10-8-18-5-3-2-4-6-18)24-16-36(17)30(43)26-28(41)27(40)21(15-37(24)26)29(42)35-14-20-22(33)11-19(32)12-23(20)34/h2-6,11-12,15,17,24,41H,7-10,13-14,16H2,1H3,(H,35,42)/t17-,24+,31-/m0/s1. The molecule has 4 heterocycles. The Bertz CT molecular complexity index is 1710. The minimum Gasteiger partial charge on any atom is -0.503 e. The second-order valence-corrected chi connectivity index (χ2v) is 11.4. The first-order valence-corrected chi connectivity index (χ1v) is 14.2. The van der Waals surface area contributed by atoms with Crippen LogP contribution in [0.15, 0.2) is 53.5 Å². The molecule has 0 saturated carbocycles. The number of hydrogen-bond acceptors (Lipinski definition) is 6. The smallest absolute Gasteiger partial charge is 0.274 e. The van der Waals surface area contributed by atoms with Crippen molar-refractivity contribution in [3.05, 3.63) is 98.7 Å². The van der Waals surface area contributed by atoms with Crippen molar-refractivity contribution in [3.63, 3.8) is 0 Å². The number of rotatable bonds is 6. The van der Waals surface area contributed by atoms with Crippen molar-refractivity contribution in [1.82, 2.24) is 19.8 Å². The van der Waals surface area contributed by atoms with Gasteiger partial charge in [0.15, 0.2) is 11.4 Å². The molecule has 230 valence electrons. The molecule has 1 spiro atoms. The van der Waals surface area contributed by atoms with E-state index in [-0.39, 0.29) is 37.2 Å². The molecule has 3 amide bonds. The summed E-state index contributed by atoms with van der Waals surface area (Å²) in [6.45, 7) is 1.48. The number of aromatic hydroxyl groups is 1. The van der Waals surface area contributed by atoms with Gasteiger partial charge in [0.2, 0.25) is 11.3 Å². The summed E-state index contributed by atoms with van der Waals surface area (Å²) in [6, 6.07) is 9.42. The number of halogens is 3. The fraction of sp³-hybridized carbons (Fsp3) is 0.355. The number of aromatic nitrogens is 1. The van der Waals surface area contributed by atoms with Crippen LogP contribution in [0.3, 0.4) is 0 Å². The van der Waals surface area contributed by atoms with Gasteiger partial charge in [0, 0.05) is 43.0 Å². The maximum atomic E-state index is 14.1. The van der Waals surface area contributed by atoms with Gasteiger partial charge in [-0.1, -0.05) is 30.3 Å². The van der Waals surface area contributed by atoms with Gasteiger partial charge in [-0.2, -0.15) is 0 Å². The highest BCUT2D eigenvalue weighted by atomic mass is 19.1. The van der Waals surface area contributed by atoms with E-state index in [4.69, 9.17) is 4.84 Å². The first kappa shape index (κ1) is 29.4. The number of hydroxylamine groups is 2. The van der Waals surface area contributed by atoms with Crippen LogP contribution in [0.5, 0.6) is 5.75 Å². The van der Waals surface area contributed by atoms with Gasteiger partial charge >= 0.3 is 0 Å². The SMILES string of the molecule is C[C@H]1CC[C@]2(CC(=O)N(CCc3ccccc3)O2)[C@H]2CN1C(=O)c1c(O)c(=O)c(C(=O)NCc3c(F)cc(F)cc3F)cn12. The Morgan fingerprint density at radius 1 is 1.11 bits per heavy atom. The van der Waals surface area contributed by atoms with E-state index in [1.165, 1.54) is 14.5 Å². The number of benzene rings is 2. The second-order valence-electron chi connectivity index (χ2n) is 11.4. The van der Waals surface area contributed by atoms with E-state index in [1.54, 1.807) is 0 Å². The Balaban J connectivity index is 1.34. The number of amides is 3. The second kappa shape index (κ2) is 11.1. The summed E-state index contributed by atoms with van der Waals surface area (Å²) < 4.78 is 42.9. The quantitative estimate of drug-likeness (QED) is 0.442. The summed E-state index contributed by atoms with van der Waals surface area (Å²) in [5.41, 5.74) is -2.85. The maximum Gasteiger partial charge on any atom is 0.274 e. The lowest BCUT2D eigenvalue weighted by atomic mass is 9.85. The average molecular weight is 611 g/mol. The molecule has 1 aromatic heterocycles. The van der Waals surface area contributed by atoms with Gasteiger partial charge in [-0.05, 0) is 31.7 Å². The molecule has 10 nitrogen and oxygen atoms in total. The number of fused-ring (bicyclic) bond motifs is 5. The van der Waals surface area contributed by atoms with E-state index in [0.717, 1.165) is 11.8 Å². The van der Waals surface area contributed by atoms with Crippen molar-refractivity contribution in [1.29, 1.82) is 0 Å². The summed E-state index contributed by atoms with van der Waals surface area (Å²) in [7, 11) is 0. The highest BCUT2D eigenvalue weighted by Gasteiger charge is 2.56. The molecule has 2 fully saturated rings. The van der Waals surface area contributed by atoms with Crippen LogP contribution in [0.1, 0.15) is 64.2 Å². The number of pyridine rings is 1. The van der Waals surface area contributed by atoms with Gasteiger partial charge in [0.25, 0.3) is 11.8 Å². The first-order valence-electron chi connectivity index (χ1n) is 14.2. The minimum atomic E-state index is -1.23. The number of hydrogen-bond donors (Lipinski definition) is 2. The van der Waals surface area contributed by atoms with Crippen LogP contribution in [0, 0.1) is 17.5 Å². The minimum absolute atomic E-state index is 0.0296. The van der Waals surface area contributed by atoms with Crippen molar-refractivity contribution in [3.8, 4) is 5.75 Å². The van der Waals surface area contributed by atoms with Gasteiger partial charge in [0.1, 0.15) is 28.6 Å². The normalized spacial score (nSPS) is 22.7. The van der Waals surface area contributed by atoms with Crippen molar-refractivity contribution < 1.29 is 37.5 Å². The summed E-state index contributed by atoms with van der Waals surface area (Å²) in [5.74, 6) is -6.51. The van der Waals surface area contributed by atoms with Crippen molar-refractivity contribution >= 4 is 17.7 Å². The molecule has 0 unspecified atom stereocenters. The molecular weight excluding hydrogens is 581 g/mol. The molecule has 2 saturated heterocycles. The Hall–Kier alpha value is -4.65. The topological polar surface area (TPSA) is 121 Å². The summed E-state index contributed by atoms with van der Waals surface area (Å²) in [6.07, 6.45) is 2.47. The molecule has 0 aliphatic carbocycles. The molecular formula is C31H29F3N4O6. The van der Waals surface area contributed by atoms with E-state index in [9.17, 15) is 37.5 Å². The monoisotopic (exact) mass is 610 g/mol. The first-order chi connectivity index (χ1) is 21.0. The number of carbonyl (C=O) groups excluding carboxylic acids is 3. The molecule has 3 aliphatic heterocycles. The molecule has 3 aromatic rings. The molecule has 2 bridgehead atoms. The Morgan fingerprint density at radius 2 is 1.82 bits per heavy atom. The highest BCUT2D eigenvalue weighted by Crippen LogP contribution is 2.47. The van der Waals surface area contributed by atoms with E-state index < -0.39 is 69.8 Å². The van der Waals surface area contributed by atoms with Crippen LogP contribution in [0.2, 0.25) is 0 Å². The van der Waals surface area contributed by atoms with Gasteiger partial charge in [-0.15, -0.1) is 0 Å². The zero-order valence-electron chi connectivity index (χ0n) is 23.7. The van der Waals surface area contributed by atoms with Crippen LogP contribution in [0.4, 0.5) is 13.2 Å². The summed E-state index contributed by atoms with van der Waals surface area (Å²) >= 11 is 0. The zero-order valence-corrected chi connectivity index (χ0v) is 23.7. The number of nitrogens with one attached hydrogen (secondary N) is 1. The Kier molecular flexibility index (Phi) is 7.44. The van der Waals surface area contributed by atoms with Gasteiger partial charge in [-0.25, -0.2) is 18.2 Å². The molecule has 3 aliphatic rings. The zero-order chi connectivity index (χ0) is 31.3. The predicted molar refractivity (Wildman–Crippen MR) is 149 cm³/mol. The summed E-state index contributed by atoms with van der Waals surface area (Å²) in [5, 5.41) is 14.5. The lowest BCUT2D eigenvalue weighted by molar-refractivity contribution is -0.213. The Labute approximate surface area is 249 Å². The fourth-order valence-electron chi connectivity index (χ4n) is 6.32. The molecule has 2 aromatic carbocycles. The number of carbonyl (C=O) groups is 3. The van der Waals surface area contributed by atoms with Crippen molar-refractivity contribution in [2.45, 2.75) is 56.8 Å². The van der Waals surface area contributed by atoms with E-state index in [0.29, 0.717) is 31.4 Å². The molecule has 13 heteroatoms. The third-order valence-corrected chi connectivity index (χ3v) is 8.75. The summed E-state index contributed by atoms with van der Waals surface area (Å²) in [4.78, 5) is 61.0. The largest absolute Gasteiger partial charge is 0.503 e. The third-order valence-electron chi connectivity index (χ3n) is 8.75. The van der Waals surface area contributed by atoms with Crippen LogP contribution >= 0.6 is 0 Å².